The average molecular weight is 250 g/mol. The number of aromatic nitrogens is 2. The maximum absolute atomic E-state index is 9.65. The summed E-state index contributed by atoms with van der Waals surface area (Å²) in [7, 11) is 2.06. The summed E-state index contributed by atoms with van der Waals surface area (Å²) >= 11 is 0. The van der Waals surface area contributed by atoms with Gasteiger partial charge in [-0.05, 0) is 18.6 Å². The summed E-state index contributed by atoms with van der Waals surface area (Å²) < 4.78 is 1.96. The van der Waals surface area contributed by atoms with Gasteiger partial charge in [0.1, 0.15) is 13.5 Å². The molecule has 0 amide bonds. The van der Waals surface area contributed by atoms with Crippen LogP contribution in [0.5, 0.6) is 0 Å². The molecule has 0 saturated carbocycles. The molecule has 0 unspecified atom stereocenters. The number of aliphatic hydroxyl groups is 1. The van der Waals surface area contributed by atoms with Crippen LogP contribution in [-0.4, -0.2) is 22.3 Å². The summed E-state index contributed by atoms with van der Waals surface area (Å²) in [6, 6.07) is 12.2. The van der Waals surface area contributed by atoms with Gasteiger partial charge in [0.25, 0.3) is 0 Å². The minimum absolute atomic E-state index is 0.0200. The Morgan fingerprint density at radius 3 is 2.63 bits per heavy atom. The van der Waals surface area contributed by atoms with Gasteiger partial charge in [-0.15, -0.1) is 0 Å². The molecule has 19 heavy (non-hydrogen) atoms. The van der Waals surface area contributed by atoms with Crippen LogP contribution in [0.2, 0.25) is 0 Å². The summed E-state index contributed by atoms with van der Waals surface area (Å²) in [6.45, 7) is 2.01. The molecule has 0 saturated heterocycles. The molecular weight excluding hydrogens is 235 g/mol. The van der Waals surface area contributed by atoms with Gasteiger partial charge in [-0.3, -0.25) is 0 Å². The minimum Gasteiger partial charge on any atom is -0.390 e. The van der Waals surface area contributed by atoms with E-state index < -0.39 is 0 Å². The SMILES string of the molecule is Bc1ccc(-c2nc3c(C)cccn3c2CO)cc1. The van der Waals surface area contributed by atoms with E-state index in [2.05, 4.69) is 25.0 Å². The quantitative estimate of drug-likeness (QED) is 0.690. The third-order valence-corrected chi connectivity index (χ3v) is 3.42. The van der Waals surface area contributed by atoms with E-state index in [0.717, 1.165) is 28.2 Å². The van der Waals surface area contributed by atoms with Crippen molar-refractivity contribution in [3.63, 3.8) is 0 Å². The summed E-state index contributed by atoms with van der Waals surface area (Å²) in [5.41, 5.74) is 5.96. The number of pyridine rings is 1. The van der Waals surface area contributed by atoms with Crippen molar-refractivity contribution in [3.8, 4) is 11.3 Å². The number of hydrogen-bond donors (Lipinski definition) is 1. The zero-order chi connectivity index (χ0) is 13.4. The first kappa shape index (κ1) is 12.0. The van der Waals surface area contributed by atoms with Crippen LogP contribution in [-0.2, 0) is 6.61 Å². The number of imidazole rings is 1. The maximum atomic E-state index is 9.65. The van der Waals surface area contributed by atoms with Gasteiger partial charge in [0.15, 0.2) is 0 Å². The molecular formula is C15H15BN2O. The van der Waals surface area contributed by atoms with Crippen LogP contribution in [0.15, 0.2) is 42.6 Å². The molecule has 4 heteroatoms. The molecule has 1 aromatic carbocycles. The van der Waals surface area contributed by atoms with Gasteiger partial charge in [-0.1, -0.05) is 35.8 Å². The number of rotatable bonds is 2. The van der Waals surface area contributed by atoms with Gasteiger partial charge in [-0.25, -0.2) is 4.98 Å². The van der Waals surface area contributed by atoms with Gasteiger partial charge < -0.3 is 9.51 Å². The predicted octanol–water partition coefficient (Wildman–Crippen LogP) is 1.06. The Hall–Kier alpha value is -2.07. The van der Waals surface area contributed by atoms with Gasteiger partial charge in [-0.2, -0.15) is 0 Å². The van der Waals surface area contributed by atoms with Crippen LogP contribution < -0.4 is 5.46 Å². The lowest BCUT2D eigenvalue weighted by atomic mass is 9.94. The monoisotopic (exact) mass is 250 g/mol. The Morgan fingerprint density at radius 2 is 1.95 bits per heavy atom. The smallest absolute Gasteiger partial charge is 0.140 e. The molecule has 0 aliphatic heterocycles. The van der Waals surface area contributed by atoms with Crippen LogP contribution in [0.3, 0.4) is 0 Å². The van der Waals surface area contributed by atoms with E-state index in [4.69, 9.17) is 0 Å². The minimum atomic E-state index is -0.0200. The second-order valence-corrected chi connectivity index (χ2v) is 4.82. The lowest BCUT2D eigenvalue weighted by molar-refractivity contribution is 0.276. The van der Waals surface area contributed by atoms with Gasteiger partial charge >= 0.3 is 0 Å². The molecule has 94 valence electrons. The molecule has 2 aromatic heterocycles. The number of benzene rings is 1. The largest absolute Gasteiger partial charge is 0.390 e. The number of hydrogen-bond acceptors (Lipinski definition) is 2. The van der Waals surface area contributed by atoms with Crippen LogP contribution >= 0.6 is 0 Å². The maximum Gasteiger partial charge on any atom is 0.140 e. The summed E-state index contributed by atoms with van der Waals surface area (Å²) in [5.74, 6) is 0. The molecule has 2 heterocycles. The lowest BCUT2D eigenvalue weighted by Gasteiger charge is -2.02. The molecule has 0 spiro atoms. The molecule has 0 aliphatic carbocycles. The van der Waals surface area contributed by atoms with E-state index in [1.807, 2.05) is 41.8 Å². The van der Waals surface area contributed by atoms with E-state index in [9.17, 15) is 5.11 Å². The number of aliphatic hydroxyl groups excluding tert-OH is 1. The summed E-state index contributed by atoms with van der Waals surface area (Å²) in [4.78, 5) is 4.69. The van der Waals surface area contributed by atoms with E-state index in [1.54, 1.807) is 0 Å². The molecule has 0 bridgehead atoms. The Labute approximate surface area is 113 Å². The Balaban J connectivity index is 2.29. The fourth-order valence-corrected chi connectivity index (χ4v) is 2.35. The van der Waals surface area contributed by atoms with Crippen LogP contribution in [0.1, 0.15) is 11.3 Å². The van der Waals surface area contributed by atoms with Crippen molar-refractivity contribution in [2.24, 2.45) is 0 Å². The third kappa shape index (κ3) is 1.94. The van der Waals surface area contributed by atoms with Crippen molar-refractivity contribution in [1.29, 1.82) is 0 Å². The van der Waals surface area contributed by atoms with Crippen molar-refractivity contribution in [2.75, 3.05) is 0 Å². The van der Waals surface area contributed by atoms with Gasteiger partial charge in [0.05, 0.1) is 18.0 Å². The van der Waals surface area contributed by atoms with Gasteiger partial charge in [0.2, 0.25) is 0 Å². The highest BCUT2D eigenvalue weighted by molar-refractivity contribution is 6.32. The van der Waals surface area contributed by atoms with E-state index in [0.29, 0.717) is 0 Å². The molecule has 3 nitrogen and oxygen atoms in total. The lowest BCUT2D eigenvalue weighted by Crippen LogP contribution is -2.00. The molecule has 3 aromatic rings. The molecule has 1 N–H and O–H groups in total. The van der Waals surface area contributed by atoms with E-state index >= 15 is 0 Å². The fourth-order valence-electron chi connectivity index (χ4n) is 2.35. The zero-order valence-corrected chi connectivity index (χ0v) is 11.1. The first-order valence-electron chi connectivity index (χ1n) is 6.35. The normalized spacial score (nSPS) is 11.1. The Kier molecular flexibility index (Phi) is 2.88. The second-order valence-electron chi connectivity index (χ2n) is 4.82. The average Bonchev–Trinajstić information content (AvgIpc) is 2.79. The summed E-state index contributed by atoms with van der Waals surface area (Å²) in [5, 5.41) is 9.65. The predicted molar refractivity (Wildman–Crippen MR) is 79.5 cm³/mol. The molecule has 0 radical (unpaired) electrons. The first-order chi connectivity index (χ1) is 9.20. The van der Waals surface area contributed by atoms with Crippen LogP contribution in [0, 0.1) is 6.92 Å². The molecule has 0 fully saturated rings. The van der Waals surface area contributed by atoms with E-state index in [1.165, 1.54) is 5.46 Å². The van der Waals surface area contributed by atoms with Crippen molar-refractivity contribution < 1.29 is 5.11 Å². The topological polar surface area (TPSA) is 37.5 Å². The molecule has 0 atom stereocenters. The second kappa shape index (κ2) is 4.55. The Bertz CT molecular complexity index is 732. The Morgan fingerprint density at radius 1 is 1.21 bits per heavy atom. The number of fused-ring (bicyclic) bond motifs is 1. The van der Waals surface area contributed by atoms with Crippen LogP contribution in [0.25, 0.3) is 16.9 Å². The van der Waals surface area contributed by atoms with Crippen molar-refractivity contribution in [1.82, 2.24) is 9.38 Å². The van der Waals surface area contributed by atoms with Gasteiger partial charge in [0, 0.05) is 11.8 Å². The first-order valence-corrected chi connectivity index (χ1v) is 6.35. The third-order valence-electron chi connectivity index (χ3n) is 3.42. The molecule has 3 rings (SSSR count). The van der Waals surface area contributed by atoms with Crippen molar-refractivity contribution in [3.05, 3.63) is 53.9 Å². The standard InChI is InChI=1S/C15H15BN2O/c1-10-3-2-8-18-13(9-19)14(17-15(10)18)11-4-6-12(16)7-5-11/h2-8,19H,9,16H2,1H3. The van der Waals surface area contributed by atoms with Crippen LogP contribution in [0.4, 0.5) is 0 Å². The van der Waals surface area contributed by atoms with Crippen molar-refractivity contribution in [2.45, 2.75) is 13.5 Å². The highest BCUT2D eigenvalue weighted by Gasteiger charge is 2.13. The zero-order valence-electron chi connectivity index (χ0n) is 11.1. The fraction of sp³-hybridized carbons (Fsp3) is 0.133. The molecule has 0 aliphatic rings. The van der Waals surface area contributed by atoms with E-state index in [-0.39, 0.29) is 6.61 Å². The summed E-state index contributed by atoms with van der Waals surface area (Å²) in [6.07, 6.45) is 1.94. The number of aryl methyl sites for hydroxylation is 1. The highest BCUT2D eigenvalue weighted by atomic mass is 16.3. The number of nitrogens with zero attached hydrogens (tertiary/aromatic N) is 2. The highest BCUT2D eigenvalue weighted by Crippen LogP contribution is 2.25. The van der Waals surface area contributed by atoms with Crippen molar-refractivity contribution >= 4 is 19.0 Å².